The number of ether oxygens (including phenoxy) is 1. The van der Waals surface area contributed by atoms with Crippen LogP contribution in [0.4, 0.5) is 4.39 Å². The number of nitrogens with zero attached hydrogens (tertiary/aromatic N) is 1. The van der Waals surface area contributed by atoms with Crippen LogP contribution in [0.5, 0.6) is 5.75 Å². The van der Waals surface area contributed by atoms with Crippen molar-refractivity contribution in [2.45, 2.75) is 25.1 Å². The van der Waals surface area contributed by atoms with E-state index in [-0.39, 0.29) is 17.8 Å². The van der Waals surface area contributed by atoms with Gasteiger partial charge in [-0.2, -0.15) is 0 Å². The van der Waals surface area contributed by atoms with Crippen LogP contribution < -0.4 is 4.74 Å². The lowest BCUT2D eigenvalue weighted by molar-refractivity contribution is -0.130. The van der Waals surface area contributed by atoms with Gasteiger partial charge in [0.05, 0.1) is 18.4 Å². The lowest BCUT2D eigenvalue weighted by Crippen LogP contribution is -2.41. The van der Waals surface area contributed by atoms with Gasteiger partial charge in [-0.3, -0.25) is 4.79 Å². The maximum Gasteiger partial charge on any atom is 0.233 e. The molecule has 4 aromatic rings. The number of aromatic nitrogens is 1. The number of benzene rings is 3. The molecule has 3 aromatic carbocycles. The number of rotatable bonds is 7. The summed E-state index contributed by atoms with van der Waals surface area (Å²) < 4.78 is 18.9. The summed E-state index contributed by atoms with van der Waals surface area (Å²) in [6.07, 6.45) is 0.815. The highest BCUT2D eigenvalue weighted by atomic mass is 32.2. The molecule has 5 rings (SSSR count). The number of amides is 1. The fourth-order valence-corrected chi connectivity index (χ4v) is 5.59. The zero-order valence-corrected chi connectivity index (χ0v) is 19.9. The fourth-order valence-electron chi connectivity index (χ4n) is 4.72. The Kier molecular flexibility index (Phi) is 6.59. The number of aromatic amines is 1. The quantitative estimate of drug-likeness (QED) is 0.351. The van der Waals surface area contributed by atoms with E-state index >= 15 is 0 Å². The number of para-hydroxylation sites is 1. The second-order valence-electron chi connectivity index (χ2n) is 8.43. The first-order valence-electron chi connectivity index (χ1n) is 11.6. The number of nitrogens with one attached hydrogen (secondary N) is 1. The van der Waals surface area contributed by atoms with E-state index in [1.807, 2.05) is 36.1 Å². The predicted octanol–water partition coefficient (Wildman–Crippen LogP) is 6.11. The Balaban J connectivity index is 1.44. The van der Waals surface area contributed by atoms with Crippen LogP contribution in [0, 0.1) is 5.82 Å². The molecular formula is C28H27FN2O2S. The predicted molar refractivity (Wildman–Crippen MR) is 136 cm³/mol. The average molecular weight is 475 g/mol. The van der Waals surface area contributed by atoms with Crippen molar-refractivity contribution in [3.63, 3.8) is 0 Å². The normalized spacial score (nSPS) is 15.4. The van der Waals surface area contributed by atoms with Gasteiger partial charge in [0.1, 0.15) is 11.6 Å². The van der Waals surface area contributed by atoms with E-state index < -0.39 is 0 Å². The summed E-state index contributed by atoms with van der Waals surface area (Å²) in [5, 5.41) is 1.22. The maximum absolute atomic E-state index is 13.5. The highest BCUT2D eigenvalue weighted by Gasteiger charge is 2.34. The van der Waals surface area contributed by atoms with Gasteiger partial charge in [-0.05, 0) is 60.4 Å². The summed E-state index contributed by atoms with van der Waals surface area (Å²) in [4.78, 5) is 19.1. The Labute approximate surface area is 203 Å². The monoisotopic (exact) mass is 474 g/mol. The smallest absolute Gasteiger partial charge is 0.233 e. The van der Waals surface area contributed by atoms with Crippen molar-refractivity contribution < 1.29 is 13.9 Å². The van der Waals surface area contributed by atoms with Gasteiger partial charge < -0.3 is 14.6 Å². The van der Waals surface area contributed by atoms with E-state index in [0.717, 1.165) is 34.5 Å². The van der Waals surface area contributed by atoms with Crippen LogP contribution in [-0.2, 0) is 17.0 Å². The van der Waals surface area contributed by atoms with Gasteiger partial charge in [0.2, 0.25) is 5.91 Å². The molecule has 0 radical (unpaired) electrons. The Bertz CT molecular complexity index is 1300. The summed E-state index contributed by atoms with van der Waals surface area (Å²) in [5.41, 5.74) is 5.51. The second-order valence-corrected chi connectivity index (χ2v) is 9.41. The summed E-state index contributed by atoms with van der Waals surface area (Å²) >= 11 is 1.56. The molecule has 0 saturated heterocycles. The minimum absolute atomic E-state index is 0.100. The number of carbonyl (C=O) groups excluding carboxylic acids is 1. The van der Waals surface area contributed by atoms with Crippen molar-refractivity contribution in [1.82, 2.24) is 9.88 Å². The molecule has 1 aliphatic heterocycles. The van der Waals surface area contributed by atoms with E-state index in [1.165, 1.54) is 23.1 Å². The minimum atomic E-state index is -0.246. The number of fused-ring (bicyclic) bond motifs is 3. The van der Waals surface area contributed by atoms with E-state index in [4.69, 9.17) is 4.74 Å². The molecule has 34 heavy (non-hydrogen) atoms. The highest BCUT2D eigenvalue weighted by molar-refractivity contribution is 7.99. The van der Waals surface area contributed by atoms with E-state index in [0.29, 0.717) is 24.7 Å². The number of carbonyl (C=O) groups is 1. The largest absolute Gasteiger partial charge is 0.494 e. The third kappa shape index (κ3) is 4.55. The zero-order valence-electron chi connectivity index (χ0n) is 19.1. The second kappa shape index (κ2) is 9.94. The zero-order chi connectivity index (χ0) is 23.5. The summed E-state index contributed by atoms with van der Waals surface area (Å²) in [5.74, 6) is 1.70. The molecule has 174 valence electrons. The molecule has 1 unspecified atom stereocenters. The van der Waals surface area contributed by atoms with Crippen LogP contribution in [0.3, 0.4) is 0 Å². The lowest BCUT2D eigenvalue weighted by Gasteiger charge is -2.36. The van der Waals surface area contributed by atoms with Gasteiger partial charge in [0.25, 0.3) is 0 Å². The summed E-state index contributed by atoms with van der Waals surface area (Å²) in [6.45, 7) is 3.22. The first-order chi connectivity index (χ1) is 16.6. The van der Waals surface area contributed by atoms with Crippen molar-refractivity contribution in [1.29, 1.82) is 0 Å². The van der Waals surface area contributed by atoms with Crippen LogP contribution in [0.1, 0.15) is 35.3 Å². The molecule has 0 fully saturated rings. The summed E-state index contributed by atoms with van der Waals surface area (Å²) in [7, 11) is 0. The van der Waals surface area contributed by atoms with Crippen LogP contribution in [0.15, 0.2) is 72.8 Å². The van der Waals surface area contributed by atoms with E-state index in [2.05, 4.69) is 29.2 Å². The molecule has 1 aliphatic rings. The minimum Gasteiger partial charge on any atom is -0.494 e. The SMILES string of the molecule is CCOc1cccc(C2c3[nH]c4ccccc4c3CCN2C(=O)CSCc2ccc(F)cc2)c1. The molecule has 0 bridgehead atoms. The van der Waals surface area contributed by atoms with Crippen LogP contribution >= 0.6 is 11.8 Å². The van der Waals surface area contributed by atoms with Gasteiger partial charge in [-0.15, -0.1) is 11.8 Å². The Morgan fingerprint density at radius 2 is 1.94 bits per heavy atom. The maximum atomic E-state index is 13.5. The van der Waals surface area contributed by atoms with Gasteiger partial charge in [0.15, 0.2) is 0 Å². The van der Waals surface area contributed by atoms with Gasteiger partial charge in [-0.1, -0.05) is 42.5 Å². The molecular weight excluding hydrogens is 447 g/mol. The Hall–Kier alpha value is -3.25. The molecule has 0 aliphatic carbocycles. The van der Waals surface area contributed by atoms with Crippen molar-refractivity contribution in [2.75, 3.05) is 18.9 Å². The first kappa shape index (κ1) is 22.5. The Morgan fingerprint density at radius 3 is 2.76 bits per heavy atom. The number of halogens is 1. The van der Waals surface area contributed by atoms with Crippen LogP contribution in [0.25, 0.3) is 10.9 Å². The van der Waals surface area contributed by atoms with E-state index in [1.54, 1.807) is 23.9 Å². The molecule has 0 saturated carbocycles. The third-order valence-electron chi connectivity index (χ3n) is 6.25. The van der Waals surface area contributed by atoms with Gasteiger partial charge >= 0.3 is 0 Å². The number of hydrogen-bond donors (Lipinski definition) is 1. The molecule has 1 atom stereocenters. The summed E-state index contributed by atoms with van der Waals surface area (Å²) in [6, 6.07) is 22.6. The average Bonchev–Trinajstić information content (AvgIpc) is 3.24. The third-order valence-corrected chi connectivity index (χ3v) is 7.24. The lowest BCUT2D eigenvalue weighted by atomic mass is 9.92. The Morgan fingerprint density at radius 1 is 1.12 bits per heavy atom. The van der Waals surface area contributed by atoms with Crippen molar-refractivity contribution in [2.24, 2.45) is 0 Å². The highest BCUT2D eigenvalue weighted by Crippen LogP contribution is 2.39. The molecule has 6 heteroatoms. The van der Waals surface area contributed by atoms with Crippen LogP contribution in [0.2, 0.25) is 0 Å². The number of H-pyrrole nitrogens is 1. The molecule has 0 spiro atoms. The van der Waals surface area contributed by atoms with Crippen LogP contribution in [-0.4, -0.2) is 34.7 Å². The number of thioether (sulfide) groups is 1. The van der Waals surface area contributed by atoms with Crippen molar-refractivity contribution in [3.8, 4) is 5.75 Å². The van der Waals surface area contributed by atoms with Crippen molar-refractivity contribution in [3.05, 3.63) is 101 Å². The van der Waals surface area contributed by atoms with E-state index in [9.17, 15) is 9.18 Å². The topological polar surface area (TPSA) is 45.3 Å². The molecule has 1 N–H and O–H groups in total. The standard InChI is InChI=1S/C28H27FN2O2S/c1-2-33-22-7-5-6-20(16-22)28-27-24(23-8-3-4-9-25(23)30-27)14-15-31(28)26(32)18-34-17-19-10-12-21(29)13-11-19/h3-13,16,28,30H,2,14-15,17-18H2,1H3. The van der Waals surface area contributed by atoms with Gasteiger partial charge in [-0.25, -0.2) is 4.39 Å². The molecule has 4 nitrogen and oxygen atoms in total. The first-order valence-corrected chi connectivity index (χ1v) is 12.7. The number of hydrogen-bond acceptors (Lipinski definition) is 3. The van der Waals surface area contributed by atoms with Gasteiger partial charge in [0, 0.05) is 28.9 Å². The fraction of sp³-hybridized carbons (Fsp3) is 0.250. The molecule has 1 amide bonds. The molecule has 1 aromatic heterocycles. The molecule has 2 heterocycles. The van der Waals surface area contributed by atoms with Crippen molar-refractivity contribution >= 4 is 28.6 Å².